The summed E-state index contributed by atoms with van der Waals surface area (Å²) in [6.45, 7) is 4.41. The normalized spacial score (nSPS) is 20.3. The third-order valence-corrected chi connectivity index (χ3v) is 4.87. The van der Waals surface area contributed by atoms with E-state index in [1.165, 1.54) is 11.1 Å². The Morgan fingerprint density at radius 1 is 1.36 bits per heavy atom. The number of fused-ring (bicyclic) bond motifs is 1. The number of likely N-dealkylation sites (N-methyl/N-ethyl adjacent to an activating group) is 1. The topological polar surface area (TPSA) is 57.2 Å². The molecule has 0 unspecified atom stereocenters. The number of rotatable bonds is 4. The van der Waals surface area contributed by atoms with Crippen molar-refractivity contribution in [1.82, 2.24) is 15.1 Å². The number of carbonyl (C=O) groups excluding carboxylic acids is 1. The van der Waals surface area contributed by atoms with Crippen molar-refractivity contribution in [2.45, 2.75) is 19.4 Å². The van der Waals surface area contributed by atoms with Crippen LogP contribution in [0.25, 0.3) is 0 Å². The van der Waals surface area contributed by atoms with Crippen LogP contribution in [0.1, 0.15) is 17.5 Å². The number of hydrogen-bond donors (Lipinski definition) is 1. The molecule has 3 rings (SSSR count). The quantitative estimate of drug-likeness (QED) is 0.657. The summed E-state index contributed by atoms with van der Waals surface area (Å²) in [7, 11) is 3.52. The lowest BCUT2D eigenvalue weighted by Gasteiger charge is -2.32. The van der Waals surface area contributed by atoms with Crippen molar-refractivity contribution >= 4 is 11.9 Å². The van der Waals surface area contributed by atoms with E-state index in [2.05, 4.69) is 39.5 Å². The van der Waals surface area contributed by atoms with E-state index < -0.39 is 0 Å². The molecule has 25 heavy (non-hydrogen) atoms. The highest BCUT2D eigenvalue weighted by Crippen LogP contribution is 2.19. The highest BCUT2D eigenvalue weighted by molar-refractivity contribution is 5.85. The molecule has 6 nitrogen and oxygen atoms in total. The third kappa shape index (κ3) is 4.72. The summed E-state index contributed by atoms with van der Waals surface area (Å²) in [5.41, 5.74) is 2.75. The van der Waals surface area contributed by atoms with Crippen molar-refractivity contribution < 1.29 is 9.53 Å². The molecule has 136 valence electrons. The van der Waals surface area contributed by atoms with Crippen LogP contribution in [0.2, 0.25) is 0 Å². The minimum Gasteiger partial charge on any atom is -0.381 e. The fourth-order valence-electron chi connectivity index (χ4n) is 3.21. The number of hydrogen-bond acceptors (Lipinski definition) is 3. The Bertz CT molecular complexity index is 624. The molecule has 1 aromatic rings. The van der Waals surface area contributed by atoms with E-state index in [-0.39, 0.29) is 12.5 Å². The fraction of sp³-hybridized carbons (Fsp3) is 0.579. The number of aliphatic imine (C=N–C) groups is 1. The molecule has 2 heterocycles. The summed E-state index contributed by atoms with van der Waals surface area (Å²) >= 11 is 0. The van der Waals surface area contributed by atoms with Crippen LogP contribution >= 0.6 is 0 Å². The van der Waals surface area contributed by atoms with Gasteiger partial charge in [-0.1, -0.05) is 24.3 Å². The molecule has 0 spiro atoms. The largest absolute Gasteiger partial charge is 0.381 e. The maximum Gasteiger partial charge on any atom is 0.243 e. The van der Waals surface area contributed by atoms with Crippen LogP contribution in [0.3, 0.4) is 0 Å². The molecule has 0 aliphatic carbocycles. The smallest absolute Gasteiger partial charge is 0.243 e. The second-order valence-corrected chi connectivity index (χ2v) is 6.98. The molecule has 0 bridgehead atoms. The molecule has 1 fully saturated rings. The molecule has 0 saturated carbocycles. The van der Waals surface area contributed by atoms with Crippen molar-refractivity contribution in [3.05, 3.63) is 35.4 Å². The van der Waals surface area contributed by atoms with Crippen LogP contribution in [0.15, 0.2) is 29.3 Å². The number of ether oxygens (including phenoxy) is 1. The molecule has 2 aliphatic heterocycles. The van der Waals surface area contributed by atoms with E-state index in [4.69, 9.17) is 4.74 Å². The minimum atomic E-state index is 0.0147. The van der Waals surface area contributed by atoms with Gasteiger partial charge in [0.1, 0.15) is 6.54 Å². The lowest BCUT2D eigenvalue weighted by Crippen LogP contribution is -2.46. The zero-order valence-electron chi connectivity index (χ0n) is 15.2. The van der Waals surface area contributed by atoms with Crippen molar-refractivity contribution in [1.29, 1.82) is 0 Å². The van der Waals surface area contributed by atoms with Gasteiger partial charge in [-0.05, 0) is 24.0 Å². The molecule has 1 amide bonds. The minimum absolute atomic E-state index is 0.0147. The van der Waals surface area contributed by atoms with Gasteiger partial charge in [0.05, 0.1) is 6.61 Å². The van der Waals surface area contributed by atoms with Gasteiger partial charge in [-0.15, -0.1) is 0 Å². The summed E-state index contributed by atoms with van der Waals surface area (Å²) in [6, 6.07) is 8.55. The Balaban J connectivity index is 1.68. The zero-order valence-corrected chi connectivity index (χ0v) is 15.2. The molecular weight excluding hydrogens is 316 g/mol. The van der Waals surface area contributed by atoms with E-state index in [9.17, 15) is 4.79 Å². The van der Waals surface area contributed by atoms with Gasteiger partial charge in [-0.2, -0.15) is 0 Å². The molecule has 2 aliphatic rings. The summed E-state index contributed by atoms with van der Waals surface area (Å²) in [5.74, 6) is 1.37. The van der Waals surface area contributed by atoms with Gasteiger partial charge in [0.2, 0.25) is 5.91 Å². The monoisotopic (exact) mass is 344 g/mol. The first-order chi connectivity index (χ1) is 12.1. The molecule has 0 radical (unpaired) electrons. The van der Waals surface area contributed by atoms with E-state index in [1.807, 2.05) is 0 Å². The van der Waals surface area contributed by atoms with Crippen LogP contribution in [-0.4, -0.2) is 68.6 Å². The van der Waals surface area contributed by atoms with E-state index >= 15 is 0 Å². The number of nitrogens with zero attached hydrogens (tertiary/aromatic N) is 3. The first kappa shape index (κ1) is 17.7. The van der Waals surface area contributed by atoms with Crippen LogP contribution < -0.4 is 5.32 Å². The van der Waals surface area contributed by atoms with Gasteiger partial charge < -0.3 is 19.9 Å². The third-order valence-electron chi connectivity index (χ3n) is 4.87. The summed E-state index contributed by atoms with van der Waals surface area (Å²) < 4.78 is 5.46. The van der Waals surface area contributed by atoms with Crippen molar-refractivity contribution in [3.63, 3.8) is 0 Å². The Morgan fingerprint density at radius 2 is 2.16 bits per heavy atom. The molecule has 1 saturated heterocycles. The van der Waals surface area contributed by atoms with E-state index in [1.54, 1.807) is 19.0 Å². The average molecular weight is 344 g/mol. The van der Waals surface area contributed by atoms with E-state index in [0.717, 1.165) is 51.6 Å². The first-order valence-electron chi connectivity index (χ1n) is 9.01. The number of guanidine groups is 1. The van der Waals surface area contributed by atoms with Crippen molar-refractivity contribution in [3.8, 4) is 0 Å². The molecule has 1 aromatic carbocycles. The van der Waals surface area contributed by atoms with Crippen molar-refractivity contribution in [2.24, 2.45) is 10.9 Å². The predicted octanol–water partition coefficient (Wildman–Crippen LogP) is 1.12. The van der Waals surface area contributed by atoms with E-state index in [0.29, 0.717) is 5.92 Å². The SMILES string of the molecule is CN(C)C(=O)CN=C(NC[C@@H]1CCOC1)N1CCc2ccccc2C1. The fourth-order valence-corrected chi connectivity index (χ4v) is 3.21. The second-order valence-electron chi connectivity index (χ2n) is 6.98. The maximum absolute atomic E-state index is 11.9. The molecule has 1 atom stereocenters. The lowest BCUT2D eigenvalue weighted by molar-refractivity contribution is -0.127. The number of carbonyl (C=O) groups is 1. The van der Waals surface area contributed by atoms with Gasteiger partial charge >= 0.3 is 0 Å². The molecule has 0 aromatic heterocycles. The van der Waals surface area contributed by atoms with Crippen molar-refractivity contribution in [2.75, 3.05) is 46.9 Å². The van der Waals surface area contributed by atoms with Gasteiger partial charge in [-0.3, -0.25) is 4.79 Å². The standard InChI is InChI=1S/C19H28N4O2/c1-22(2)18(24)12-21-19(20-11-15-8-10-25-14-15)23-9-7-16-5-3-4-6-17(16)13-23/h3-6,15H,7-14H2,1-2H3,(H,20,21)/t15-/m0/s1. The number of amides is 1. The average Bonchev–Trinajstić information content (AvgIpc) is 3.14. The van der Waals surface area contributed by atoms with Gasteiger partial charge in [-0.25, -0.2) is 4.99 Å². The summed E-state index contributed by atoms with van der Waals surface area (Å²) in [4.78, 5) is 20.4. The second kappa shape index (κ2) is 8.34. The molecular formula is C19H28N4O2. The predicted molar refractivity (Wildman–Crippen MR) is 98.5 cm³/mol. The highest BCUT2D eigenvalue weighted by atomic mass is 16.5. The maximum atomic E-state index is 11.9. The Kier molecular flexibility index (Phi) is 5.91. The van der Waals surface area contributed by atoms with Gasteiger partial charge in [0.15, 0.2) is 5.96 Å². The van der Waals surface area contributed by atoms with Crippen LogP contribution in [0.5, 0.6) is 0 Å². The Morgan fingerprint density at radius 3 is 2.88 bits per heavy atom. The summed E-state index contributed by atoms with van der Waals surface area (Å²) in [5, 5.41) is 3.48. The highest BCUT2D eigenvalue weighted by Gasteiger charge is 2.21. The lowest BCUT2D eigenvalue weighted by atomic mass is 10.0. The zero-order chi connectivity index (χ0) is 17.6. The summed E-state index contributed by atoms with van der Waals surface area (Å²) in [6.07, 6.45) is 2.09. The first-order valence-corrected chi connectivity index (χ1v) is 9.01. The van der Waals surface area contributed by atoms with Crippen LogP contribution in [-0.2, 0) is 22.5 Å². The van der Waals surface area contributed by atoms with Crippen LogP contribution in [0.4, 0.5) is 0 Å². The number of nitrogens with one attached hydrogen (secondary N) is 1. The van der Waals surface area contributed by atoms with Gasteiger partial charge in [0.25, 0.3) is 0 Å². The Hall–Kier alpha value is -2.08. The number of benzene rings is 1. The molecule has 1 N–H and O–H groups in total. The Labute approximate surface area is 149 Å². The van der Waals surface area contributed by atoms with Gasteiger partial charge in [0, 0.05) is 46.3 Å². The molecule has 6 heteroatoms. The van der Waals surface area contributed by atoms with Crippen LogP contribution in [0, 0.1) is 5.92 Å².